The summed E-state index contributed by atoms with van der Waals surface area (Å²) in [5.41, 5.74) is 1.14. The highest BCUT2D eigenvalue weighted by molar-refractivity contribution is 5.92. The van der Waals surface area contributed by atoms with Crippen molar-refractivity contribution in [2.24, 2.45) is 0 Å². The summed E-state index contributed by atoms with van der Waals surface area (Å²) in [6.07, 6.45) is -0.975. The van der Waals surface area contributed by atoms with Crippen LogP contribution in [0, 0.1) is 0 Å². The topological polar surface area (TPSA) is 51.0 Å². The highest BCUT2D eigenvalue weighted by atomic mass is 19.4. The van der Waals surface area contributed by atoms with E-state index in [2.05, 4.69) is 22.4 Å². The van der Waals surface area contributed by atoms with E-state index >= 15 is 0 Å². The van der Waals surface area contributed by atoms with Gasteiger partial charge in [0.15, 0.2) is 5.69 Å². The van der Waals surface area contributed by atoms with Crippen molar-refractivity contribution in [2.45, 2.75) is 31.5 Å². The summed E-state index contributed by atoms with van der Waals surface area (Å²) in [5, 5.41) is 7.89. The average Bonchev–Trinajstić information content (AvgIpc) is 3.22. The lowest BCUT2D eigenvalue weighted by Crippen LogP contribution is -2.39. The number of amides is 1. The number of hydrogen-bond acceptors (Lipinski definition) is 3. The summed E-state index contributed by atoms with van der Waals surface area (Å²) in [6, 6.07) is 15.2. The third kappa shape index (κ3) is 4.53. The number of carbonyl (C=O) groups is 1. The monoisotopic (exact) mass is 414 g/mol. The summed E-state index contributed by atoms with van der Waals surface area (Å²) in [7, 11) is 0. The van der Waals surface area contributed by atoms with Crippen LogP contribution >= 0.6 is 0 Å². The van der Waals surface area contributed by atoms with Gasteiger partial charge in [0, 0.05) is 19.0 Å². The molecular weight excluding hydrogens is 393 g/mol. The molecule has 0 unspecified atom stereocenters. The minimum absolute atomic E-state index is 0.108. The Kier molecular flexibility index (Phi) is 5.57. The van der Waals surface area contributed by atoms with Crippen LogP contribution in [0.2, 0.25) is 0 Å². The van der Waals surface area contributed by atoms with Crippen molar-refractivity contribution >= 4 is 5.91 Å². The van der Waals surface area contributed by atoms with E-state index in [4.69, 9.17) is 0 Å². The van der Waals surface area contributed by atoms with Gasteiger partial charge in [0.05, 0.1) is 18.3 Å². The molecule has 0 aliphatic carbocycles. The molecule has 0 spiro atoms. The van der Waals surface area contributed by atoms with E-state index in [1.807, 2.05) is 18.2 Å². The average molecular weight is 414 g/mol. The van der Waals surface area contributed by atoms with Gasteiger partial charge in [0.2, 0.25) is 0 Å². The van der Waals surface area contributed by atoms with Gasteiger partial charge in [-0.2, -0.15) is 13.2 Å². The summed E-state index contributed by atoms with van der Waals surface area (Å²) < 4.78 is 40.1. The highest BCUT2D eigenvalue weighted by Gasteiger charge is 2.30. The molecule has 0 bridgehead atoms. The molecule has 1 aliphatic heterocycles. The van der Waals surface area contributed by atoms with Crippen molar-refractivity contribution in [3.8, 4) is 0 Å². The molecule has 1 aromatic heterocycles. The van der Waals surface area contributed by atoms with Gasteiger partial charge in [-0.1, -0.05) is 47.7 Å². The van der Waals surface area contributed by atoms with Crippen molar-refractivity contribution in [1.82, 2.24) is 19.9 Å². The second-order valence-electron chi connectivity index (χ2n) is 7.50. The molecule has 4 rings (SSSR count). The molecule has 3 aromatic rings. The molecule has 2 heterocycles. The zero-order chi connectivity index (χ0) is 21.1. The molecule has 1 aliphatic rings. The maximum atomic E-state index is 12.9. The lowest BCUT2D eigenvalue weighted by Gasteiger charge is -2.32. The quantitative estimate of drug-likeness (QED) is 0.637. The van der Waals surface area contributed by atoms with Gasteiger partial charge in [-0.15, -0.1) is 5.10 Å². The third-order valence-corrected chi connectivity index (χ3v) is 5.34. The first-order valence-corrected chi connectivity index (χ1v) is 9.80. The van der Waals surface area contributed by atoms with Crippen molar-refractivity contribution in [3.05, 3.63) is 83.2 Å². The van der Waals surface area contributed by atoms with Crippen LogP contribution in [0.4, 0.5) is 13.2 Å². The van der Waals surface area contributed by atoms with Gasteiger partial charge in [0.1, 0.15) is 0 Å². The fourth-order valence-corrected chi connectivity index (χ4v) is 3.83. The molecule has 5 nitrogen and oxygen atoms in total. The lowest BCUT2D eigenvalue weighted by atomic mass is 9.90. The van der Waals surface area contributed by atoms with E-state index in [9.17, 15) is 18.0 Å². The van der Waals surface area contributed by atoms with Gasteiger partial charge in [0.25, 0.3) is 5.91 Å². The number of hydrogen-bond donors (Lipinski definition) is 0. The molecule has 30 heavy (non-hydrogen) atoms. The Labute approximate surface area is 172 Å². The Balaban J connectivity index is 1.44. The predicted molar refractivity (Wildman–Crippen MR) is 105 cm³/mol. The number of rotatable bonds is 4. The molecule has 0 N–H and O–H groups in total. The second kappa shape index (κ2) is 8.30. The van der Waals surface area contributed by atoms with Crippen LogP contribution in [0.1, 0.15) is 45.9 Å². The third-order valence-electron chi connectivity index (χ3n) is 5.34. The standard InChI is InChI=1S/C22H21F3N4O/c23-22(24,25)19-10-4-6-16(12-19)13-29-15-20(26-27-29)21(30)28-11-5-9-18(14-28)17-7-2-1-3-8-17/h1-4,6-8,10,12,15,18H,5,9,11,13-14H2/t18-/m1/s1. The Morgan fingerprint density at radius 3 is 2.67 bits per heavy atom. The van der Waals surface area contributed by atoms with Crippen LogP contribution in [0.25, 0.3) is 0 Å². The minimum atomic E-state index is -4.40. The Bertz CT molecular complexity index is 1020. The van der Waals surface area contributed by atoms with Crippen molar-refractivity contribution in [1.29, 1.82) is 0 Å². The molecule has 1 saturated heterocycles. The predicted octanol–water partition coefficient (Wildman–Crippen LogP) is 4.37. The molecule has 2 aromatic carbocycles. The fourth-order valence-electron chi connectivity index (χ4n) is 3.83. The summed E-state index contributed by atoms with van der Waals surface area (Å²) in [6.45, 7) is 1.38. The normalized spacial score (nSPS) is 17.2. The van der Waals surface area contributed by atoms with E-state index in [1.54, 1.807) is 11.0 Å². The number of alkyl halides is 3. The smallest absolute Gasteiger partial charge is 0.337 e. The zero-order valence-electron chi connectivity index (χ0n) is 16.2. The summed E-state index contributed by atoms with van der Waals surface area (Å²) in [4.78, 5) is 14.7. The lowest BCUT2D eigenvalue weighted by molar-refractivity contribution is -0.137. The largest absolute Gasteiger partial charge is 0.416 e. The van der Waals surface area contributed by atoms with Gasteiger partial charge >= 0.3 is 6.18 Å². The zero-order valence-corrected chi connectivity index (χ0v) is 16.2. The van der Waals surface area contributed by atoms with Crippen LogP contribution in [0.3, 0.4) is 0 Å². The van der Waals surface area contributed by atoms with E-state index in [0.717, 1.165) is 25.0 Å². The van der Waals surface area contributed by atoms with Crippen LogP contribution in [0.5, 0.6) is 0 Å². The summed E-state index contributed by atoms with van der Waals surface area (Å²) >= 11 is 0. The number of likely N-dealkylation sites (tertiary alicyclic amines) is 1. The first kappa shape index (κ1) is 20.1. The molecule has 0 radical (unpaired) electrons. The molecule has 8 heteroatoms. The van der Waals surface area contributed by atoms with Crippen molar-refractivity contribution < 1.29 is 18.0 Å². The Hall–Kier alpha value is -3.16. The first-order valence-electron chi connectivity index (χ1n) is 9.80. The Morgan fingerprint density at radius 1 is 1.10 bits per heavy atom. The van der Waals surface area contributed by atoms with E-state index in [0.29, 0.717) is 18.7 Å². The minimum Gasteiger partial charge on any atom is -0.337 e. The molecule has 1 fully saturated rings. The van der Waals surface area contributed by atoms with Gasteiger partial charge in [-0.25, -0.2) is 4.68 Å². The molecule has 156 valence electrons. The number of nitrogens with zero attached hydrogens (tertiary/aromatic N) is 4. The van der Waals surface area contributed by atoms with Crippen LogP contribution in [-0.2, 0) is 12.7 Å². The van der Waals surface area contributed by atoms with E-state index in [-0.39, 0.29) is 24.1 Å². The molecular formula is C22H21F3N4O. The molecule has 1 amide bonds. The highest BCUT2D eigenvalue weighted by Crippen LogP contribution is 2.30. The SMILES string of the molecule is O=C(c1cn(Cc2cccc(C(F)(F)F)c2)nn1)N1CCC[C@@H](c2ccccc2)C1. The van der Waals surface area contributed by atoms with Crippen molar-refractivity contribution in [2.75, 3.05) is 13.1 Å². The molecule has 0 saturated carbocycles. The van der Waals surface area contributed by atoms with E-state index < -0.39 is 11.7 Å². The second-order valence-corrected chi connectivity index (χ2v) is 7.50. The number of halogens is 3. The Morgan fingerprint density at radius 2 is 1.90 bits per heavy atom. The van der Waals surface area contributed by atoms with E-state index in [1.165, 1.54) is 22.5 Å². The van der Waals surface area contributed by atoms with Crippen LogP contribution in [0.15, 0.2) is 60.8 Å². The number of piperidine rings is 1. The van der Waals surface area contributed by atoms with Gasteiger partial charge in [-0.3, -0.25) is 4.79 Å². The van der Waals surface area contributed by atoms with Gasteiger partial charge < -0.3 is 4.90 Å². The van der Waals surface area contributed by atoms with Crippen molar-refractivity contribution in [3.63, 3.8) is 0 Å². The maximum Gasteiger partial charge on any atom is 0.416 e. The maximum absolute atomic E-state index is 12.9. The molecule has 1 atom stereocenters. The summed E-state index contributed by atoms with van der Waals surface area (Å²) in [5.74, 6) is 0.0787. The number of aromatic nitrogens is 3. The van der Waals surface area contributed by atoms with Gasteiger partial charge in [-0.05, 0) is 36.1 Å². The number of benzene rings is 2. The van der Waals surface area contributed by atoms with Crippen LogP contribution in [-0.4, -0.2) is 38.9 Å². The fraction of sp³-hybridized carbons (Fsp3) is 0.318. The first-order chi connectivity index (χ1) is 14.4. The number of carbonyl (C=O) groups excluding carboxylic acids is 1. The van der Waals surface area contributed by atoms with Crippen LogP contribution < -0.4 is 0 Å².